The number of halogens is 1. The smallest absolute Gasteiger partial charge is 0.242 e. The molecule has 0 saturated carbocycles. The van der Waals surface area contributed by atoms with E-state index in [4.69, 9.17) is 11.6 Å². The number of rotatable bonds is 4. The Balaban J connectivity index is 1.79. The lowest BCUT2D eigenvalue weighted by Crippen LogP contribution is -2.57. The number of fused-ring (bicyclic) bond motifs is 3. The van der Waals surface area contributed by atoms with E-state index in [-0.39, 0.29) is 10.9 Å². The largest absolute Gasteiger partial charge is 0.372 e. The van der Waals surface area contributed by atoms with Crippen LogP contribution in [-0.4, -0.2) is 51.0 Å². The third-order valence-corrected chi connectivity index (χ3v) is 6.07. The van der Waals surface area contributed by atoms with E-state index < -0.39 is 10.0 Å². The molecule has 1 atom stereocenters. The SMILES string of the molecule is CNc1ncc(S(=O)(=O)NC2CN3CCC2CC3)cc1Cl. The molecule has 3 aliphatic rings. The maximum atomic E-state index is 12.5. The number of nitrogens with one attached hydrogen (secondary N) is 2. The fraction of sp³-hybridized carbons (Fsp3) is 0.615. The third-order valence-electron chi connectivity index (χ3n) is 4.33. The van der Waals surface area contributed by atoms with Crippen LogP contribution < -0.4 is 10.0 Å². The Labute approximate surface area is 129 Å². The summed E-state index contributed by atoms with van der Waals surface area (Å²) in [5.41, 5.74) is 0. The number of nitrogens with zero attached hydrogens (tertiary/aromatic N) is 2. The maximum Gasteiger partial charge on any atom is 0.242 e. The molecule has 0 aliphatic carbocycles. The lowest BCUT2D eigenvalue weighted by atomic mass is 9.85. The third kappa shape index (κ3) is 3.01. The van der Waals surface area contributed by atoms with Gasteiger partial charge in [-0.1, -0.05) is 11.6 Å². The molecule has 1 aromatic heterocycles. The van der Waals surface area contributed by atoms with Gasteiger partial charge in [-0.3, -0.25) is 0 Å². The van der Waals surface area contributed by atoms with Gasteiger partial charge in [0.1, 0.15) is 10.7 Å². The second-order valence-corrected chi connectivity index (χ2v) is 7.74. The van der Waals surface area contributed by atoms with Crippen molar-refractivity contribution in [3.63, 3.8) is 0 Å². The quantitative estimate of drug-likeness (QED) is 0.866. The molecule has 3 saturated heterocycles. The highest BCUT2D eigenvalue weighted by molar-refractivity contribution is 7.89. The van der Waals surface area contributed by atoms with Crippen molar-refractivity contribution in [2.45, 2.75) is 23.8 Å². The Bertz CT molecular complexity index is 629. The fourth-order valence-electron chi connectivity index (χ4n) is 3.12. The van der Waals surface area contributed by atoms with Crippen LogP contribution in [0.3, 0.4) is 0 Å². The van der Waals surface area contributed by atoms with Gasteiger partial charge in [0.05, 0.1) is 5.02 Å². The zero-order valence-corrected chi connectivity index (χ0v) is 13.4. The zero-order valence-electron chi connectivity index (χ0n) is 11.8. The van der Waals surface area contributed by atoms with Crippen LogP contribution in [0.25, 0.3) is 0 Å². The summed E-state index contributed by atoms with van der Waals surface area (Å²) in [4.78, 5) is 6.45. The summed E-state index contributed by atoms with van der Waals surface area (Å²) in [6.45, 7) is 2.94. The molecule has 3 fully saturated rings. The highest BCUT2D eigenvalue weighted by atomic mass is 35.5. The van der Waals surface area contributed by atoms with Gasteiger partial charge < -0.3 is 10.2 Å². The Morgan fingerprint density at radius 3 is 2.62 bits per heavy atom. The van der Waals surface area contributed by atoms with Gasteiger partial charge in [-0.15, -0.1) is 0 Å². The second-order valence-electron chi connectivity index (χ2n) is 5.62. The first-order chi connectivity index (χ1) is 9.99. The normalized spacial score (nSPS) is 28.6. The number of sulfonamides is 1. The molecule has 4 heterocycles. The van der Waals surface area contributed by atoms with Crippen LogP contribution in [0.1, 0.15) is 12.8 Å². The van der Waals surface area contributed by atoms with Gasteiger partial charge in [-0.05, 0) is 37.9 Å². The van der Waals surface area contributed by atoms with E-state index in [1.807, 2.05) is 0 Å². The second kappa shape index (κ2) is 5.72. The number of piperidine rings is 3. The van der Waals surface area contributed by atoms with E-state index in [9.17, 15) is 8.42 Å². The molecule has 0 radical (unpaired) electrons. The van der Waals surface area contributed by atoms with E-state index in [1.54, 1.807) is 7.05 Å². The molecule has 1 unspecified atom stereocenters. The van der Waals surface area contributed by atoms with Gasteiger partial charge in [0.2, 0.25) is 10.0 Å². The molecule has 0 amide bonds. The van der Waals surface area contributed by atoms with Crippen LogP contribution in [0, 0.1) is 5.92 Å². The molecule has 4 rings (SSSR count). The Morgan fingerprint density at radius 2 is 2.10 bits per heavy atom. The van der Waals surface area contributed by atoms with Gasteiger partial charge in [0.15, 0.2) is 0 Å². The topological polar surface area (TPSA) is 74.3 Å². The van der Waals surface area contributed by atoms with Gasteiger partial charge in [0, 0.05) is 25.8 Å². The average molecular weight is 331 g/mol. The highest BCUT2D eigenvalue weighted by Gasteiger charge is 2.36. The summed E-state index contributed by atoms with van der Waals surface area (Å²) >= 11 is 6.02. The van der Waals surface area contributed by atoms with Gasteiger partial charge in [-0.25, -0.2) is 18.1 Å². The van der Waals surface area contributed by atoms with Crippen molar-refractivity contribution in [1.82, 2.24) is 14.6 Å². The van der Waals surface area contributed by atoms with E-state index in [0.29, 0.717) is 16.8 Å². The number of aromatic nitrogens is 1. The van der Waals surface area contributed by atoms with Crippen LogP contribution >= 0.6 is 11.6 Å². The Morgan fingerprint density at radius 1 is 1.38 bits per heavy atom. The summed E-state index contributed by atoms with van der Waals surface area (Å²) in [7, 11) is -1.89. The number of hydrogen-bond donors (Lipinski definition) is 2. The summed E-state index contributed by atoms with van der Waals surface area (Å²) < 4.78 is 27.8. The molecule has 2 N–H and O–H groups in total. The molecule has 21 heavy (non-hydrogen) atoms. The van der Waals surface area contributed by atoms with Crippen LogP contribution in [-0.2, 0) is 10.0 Å². The van der Waals surface area contributed by atoms with Crippen molar-refractivity contribution in [2.75, 3.05) is 32.0 Å². The van der Waals surface area contributed by atoms with Gasteiger partial charge in [-0.2, -0.15) is 0 Å². The summed E-state index contributed by atoms with van der Waals surface area (Å²) in [6, 6.07) is 1.42. The van der Waals surface area contributed by atoms with Crippen molar-refractivity contribution in [2.24, 2.45) is 5.92 Å². The molecule has 6 nitrogen and oxygen atoms in total. The number of anilines is 1. The van der Waals surface area contributed by atoms with E-state index in [2.05, 4.69) is 19.9 Å². The minimum atomic E-state index is -3.58. The monoisotopic (exact) mass is 330 g/mol. The van der Waals surface area contributed by atoms with Crippen molar-refractivity contribution in [3.05, 3.63) is 17.3 Å². The maximum absolute atomic E-state index is 12.5. The van der Waals surface area contributed by atoms with E-state index in [0.717, 1.165) is 32.5 Å². The molecular formula is C13H19ClN4O2S. The summed E-state index contributed by atoms with van der Waals surface area (Å²) in [6.07, 6.45) is 3.46. The lowest BCUT2D eigenvalue weighted by Gasteiger charge is -2.44. The van der Waals surface area contributed by atoms with Crippen molar-refractivity contribution < 1.29 is 8.42 Å². The highest BCUT2D eigenvalue weighted by Crippen LogP contribution is 2.29. The predicted molar refractivity (Wildman–Crippen MR) is 82.1 cm³/mol. The van der Waals surface area contributed by atoms with Crippen molar-refractivity contribution in [3.8, 4) is 0 Å². The molecule has 8 heteroatoms. The van der Waals surface area contributed by atoms with Crippen molar-refractivity contribution in [1.29, 1.82) is 0 Å². The van der Waals surface area contributed by atoms with E-state index in [1.165, 1.54) is 12.3 Å². The summed E-state index contributed by atoms with van der Waals surface area (Å²) in [5, 5.41) is 3.11. The molecule has 3 aliphatic heterocycles. The molecule has 1 aromatic rings. The fourth-order valence-corrected chi connectivity index (χ4v) is 4.71. The first-order valence-electron chi connectivity index (χ1n) is 7.07. The number of pyridine rings is 1. The first-order valence-corrected chi connectivity index (χ1v) is 8.93. The Hall–Kier alpha value is -0.890. The van der Waals surface area contributed by atoms with Crippen LogP contribution in [0.2, 0.25) is 5.02 Å². The minimum absolute atomic E-state index is 0.0137. The number of hydrogen-bond acceptors (Lipinski definition) is 5. The predicted octanol–water partition coefficient (Wildman–Crippen LogP) is 1.15. The standard InChI is InChI=1S/C13H19ClN4O2S/c1-15-13-11(14)6-10(7-16-13)21(19,20)17-12-8-18-4-2-9(12)3-5-18/h6-7,9,12,17H,2-5,8H2,1H3,(H,15,16). The molecule has 116 valence electrons. The minimum Gasteiger partial charge on any atom is -0.372 e. The Kier molecular flexibility index (Phi) is 4.09. The van der Waals surface area contributed by atoms with Gasteiger partial charge >= 0.3 is 0 Å². The van der Waals surface area contributed by atoms with Crippen molar-refractivity contribution >= 4 is 27.4 Å². The van der Waals surface area contributed by atoms with Crippen LogP contribution in [0.15, 0.2) is 17.2 Å². The zero-order chi connectivity index (χ0) is 15.0. The average Bonchev–Trinajstić information content (AvgIpc) is 2.48. The summed E-state index contributed by atoms with van der Waals surface area (Å²) in [5.74, 6) is 0.906. The molecule has 0 spiro atoms. The van der Waals surface area contributed by atoms with Gasteiger partial charge in [0.25, 0.3) is 0 Å². The van der Waals surface area contributed by atoms with Crippen LogP contribution in [0.5, 0.6) is 0 Å². The molecule has 2 bridgehead atoms. The van der Waals surface area contributed by atoms with Crippen LogP contribution in [0.4, 0.5) is 5.82 Å². The molecular weight excluding hydrogens is 312 g/mol. The molecule has 0 aromatic carbocycles. The van der Waals surface area contributed by atoms with E-state index >= 15 is 0 Å². The first kappa shape index (κ1) is 15.0. The lowest BCUT2D eigenvalue weighted by molar-refractivity contribution is 0.0827.